The van der Waals surface area contributed by atoms with Crippen LogP contribution in [0.5, 0.6) is 0 Å². The van der Waals surface area contributed by atoms with Crippen molar-refractivity contribution in [3.63, 3.8) is 0 Å². The third-order valence-electron chi connectivity index (χ3n) is 0. The van der Waals surface area contributed by atoms with Crippen LogP contribution in [0.25, 0.3) is 0 Å². The molecule has 0 aliphatic carbocycles. The van der Waals surface area contributed by atoms with Gasteiger partial charge in [0.25, 0.3) is 0 Å². The molecule has 0 bridgehead atoms. The summed E-state index contributed by atoms with van der Waals surface area (Å²) in [6, 6.07) is 0. The standard InChI is InChI=1S/4HO3P.H2O.Th/c4*1-4(2)3;;/h4*(H,1,2,3);1H2;/q;;;;;+4/p-4. The molecule has 0 amide bonds. The van der Waals surface area contributed by atoms with Crippen LogP contribution in [0.4, 0.5) is 0 Å². The van der Waals surface area contributed by atoms with Crippen molar-refractivity contribution < 1.29 is 102 Å². The molecule has 13 nitrogen and oxygen atoms in total. The van der Waals surface area contributed by atoms with E-state index in [1.54, 1.807) is 0 Å². The molecule has 0 unspecified atom stereocenters. The smallest absolute Gasteiger partial charge is 0.744 e. The molecule has 0 radical (unpaired) electrons. The maximum atomic E-state index is 8.48. The molecule has 104 valence electrons. The van der Waals surface area contributed by atoms with Crippen LogP contribution in [0, 0.1) is 39.9 Å². The van der Waals surface area contributed by atoms with E-state index in [4.69, 9.17) is 56.1 Å². The molecule has 0 aromatic carbocycles. The first-order valence-electron chi connectivity index (χ1n) is 2.19. The average molecular weight is 566 g/mol. The zero-order valence-electron chi connectivity index (χ0n) is 7.69. The van der Waals surface area contributed by atoms with Crippen molar-refractivity contribution >= 4 is 31.6 Å². The molecule has 2 N–H and O–H groups in total. The van der Waals surface area contributed by atoms with Gasteiger partial charge in [0.2, 0.25) is 31.6 Å². The molecular formula is H2O13P4Th. The van der Waals surface area contributed by atoms with Crippen LogP contribution in [0.3, 0.4) is 0 Å². The van der Waals surface area contributed by atoms with Gasteiger partial charge in [-0.1, -0.05) is 0 Å². The Morgan fingerprint density at radius 3 is 0.444 bits per heavy atom. The number of hydrogen-bond donors (Lipinski definition) is 0. The van der Waals surface area contributed by atoms with Crippen LogP contribution in [-0.2, 0) is 36.5 Å². The second kappa shape index (κ2) is 30.6. The Balaban J connectivity index is -0.0000000257. The summed E-state index contributed by atoms with van der Waals surface area (Å²) in [5.74, 6) is 0. The first-order valence-corrected chi connectivity index (χ1v) is 6.57. The second-order valence-corrected chi connectivity index (χ2v) is 2.68. The first kappa shape index (κ1) is 36.3. The quantitative estimate of drug-likeness (QED) is 0.264. The normalized spacial score (nSPS) is 5.56. The Labute approximate surface area is 132 Å². The predicted octanol–water partition coefficient (Wildman–Crippen LogP) is -3.09. The molecule has 18 heavy (non-hydrogen) atoms. The van der Waals surface area contributed by atoms with Gasteiger partial charge in [-0.3, -0.25) is 36.5 Å². The van der Waals surface area contributed by atoms with Crippen LogP contribution in [-0.4, -0.2) is 5.48 Å². The number of hydrogen-bond acceptors (Lipinski definition) is 12. The van der Waals surface area contributed by atoms with E-state index < -0.39 is 31.6 Å². The van der Waals surface area contributed by atoms with Gasteiger partial charge in [0.15, 0.2) is 0 Å². The minimum atomic E-state index is -3.37. The average Bonchev–Trinajstić information content (AvgIpc) is 1.76. The molecular weight excluding hydrogens is 564 g/mol. The molecule has 18 heteroatoms. The van der Waals surface area contributed by atoms with Gasteiger partial charge in [-0.2, -0.15) is 0 Å². The van der Waals surface area contributed by atoms with Gasteiger partial charge < -0.3 is 25.0 Å². The maximum Gasteiger partial charge on any atom is 4.00 e. The Morgan fingerprint density at radius 1 is 0.444 bits per heavy atom. The van der Waals surface area contributed by atoms with Gasteiger partial charge >= 0.3 is 39.9 Å². The van der Waals surface area contributed by atoms with E-state index >= 15 is 0 Å². The molecule has 0 rings (SSSR count). The van der Waals surface area contributed by atoms with Crippen molar-refractivity contribution in [3.05, 3.63) is 0 Å². The Kier molecular flexibility index (Phi) is 61.8. The summed E-state index contributed by atoms with van der Waals surface area (Å²) in [5.41, 5.74) is 0. The molecule has 0 atom stereocenters. The van der Waals surface area contributed by atoms with E-state index in [0.29, 0.717) is 0 Å². The third-order valence-corrected chi connectivity index (χ3v) is 0. The summed E-state index contributed by atoms with van der Waals surface area (Å²) in [4.78, 5) is 33.9. The van der Waals surface area contributed by atoms with Crippen molar-refractivity contribution in [1.29, 1.82) is 0 Å². The van der Waals surface area contributed by atoms with E-state index in [0.717, 1.165) is 0 Å². The monoisotopic (exact) mass is 566 g/mol. The summed E-state index contributed by atoms with van der Waals surface area (Å²) >= 11 is 0. The third kappa shape index (κ3) is 7870. The molecule has 0 heterocycles. The zero-order valence-corrected chi connectivity index (χ0v) is 15.4. The number of rotatable bonds is 0. The zero-order chi connectivity index (χ0) is 14.3. The minimum Gasteiger partial charge on any atom is -0.744 e. The van der Waals surface area contributed by atoms with Gasteiger partial charge in [0.05, 0.1) is 0 Å². The van der Waals surface area contributed by atoms with E-state index in [1.807, 2.05) is 0 Å². The van der Waals surface area contributed by atoms with Crippen LogP contribution < -0.4 is 19.6 Å². The predicted molar refractivity (Wildman–Crippen MR) is 36.8 cm³/mol. The molecule has 0 aromatic rings. The van der Waals surface area contributed by atoms with E-state index in [9.17, 15) is 0 Å². The molecule has 0 aliphatic heterocycles. The van der Waals surface area contributed by atoms with Gasteiger partial charge in [0.1, 0.15) is 0 Å². The van der Waals surface area contributed by atoms with E-state index in [-0.39, 0.29) is 45.4 Å². The molecule has 0 fully saturated rings. The van der Waals surface area contributed by atoms with Crippen LogP contribution in [0.2, 0.25) is 0 Å². The van der Waals surface area contributed by atoms with Crippen molar-refractivity contribution in [2.75, 3.05) is 0 Å². The Morgan fingerprint density at radius 2 is 0.444 bits per heavy atom. The van der Waals surface area contributed by atoms with Crippen molar-refractivity contribution in [3.8, 4) is 0 Å². The summed E-state index contributed by atoms with van der Waals surface area (Å²) < 4.78 is 67.9. The summed E-state index contributed by atoms with van der Waals surface area (Å²) in [6.45, 7) is 0. The van der Waals surface area contributed by atoms with Gasteiger partial charge in [-0.05, 0) is 0 Å². The van der Waals surface area contributed by atoms with Crippen molar-refractivity contribution in [2.45, 2.75) is 0 Å². The van der Waals surface area contributed by atoms with Crippen LogP contribution in [0.1, 0.15) is 0 Å². The summed E-state index contributed by atoms with van der Waals surface area (Å²) in [5, 5.41) is 0. The van der Waals surface area contributed by atoms with E-state index in [2.05, 4.69) is 0 Å². The molecule has 0 aromatic heterocycles. The van der Waals surface area contributed by atoms with Crippen LogP contribution in [0.15, 0.2) is 0 Å². The molecule has 0 spiro atoms. The fourth-order valence-electron chi connectivity index (χ4n) is 0. The van der Waals surface area contributed by atoms with Crippen molar-refractivity contribution in [2.24, 2.45) is 0 Å². The van der Waals surface area contributed by atoms with Gasteiger partial charge in [-0.15, -0.1) is 0 Å². The summed E-state index contributed by atoms with van der Waals surface area (Å²) in [7, 11) is -13.5. The van der Waals surface area contributed by atoms with Gasteiger partial charge in [0, 0.05) is 0 Å². The fraction of sp³-hybridized carbons (Fsp3) is 0. The Bertz CT molecular complexity index is 293. The second-order valence-electron chi connectivity index (χ2n) is 0.894. The van der Waals surface area contributed by atoms with E-state index in [1.165, 1.54) is 0 Å². The first-order chi connectivity index (χ1) is 6.93. The fourth-order valence-corrected chi connectivity index (χ4v) is 0. The Hall–Kier alpha value is 0.725. The SMILES string of the molecule is O.O=P(=O)[O-].O=P(=O)[O-].O=P(=O)[O-].O=P(=O)[O-].[Th+4]. The molecule has 0 saturated heterocycles. The van der Waals surface area contributed by atoms with Gasteiger partial charge in [-0.25, -0.2) is 0 Å². The maximum absolute atomic E-state index is 8.48. The van der Waals surface area contributed by atoms with Crippen LogP contribution >= 0.6 is 31.6 Å². The minimum absolute atomic E-state index is 0. The summed E-state index contributed by atoms with van der Waals surface area (Å²) in [6.07, 6.45) is 0. The largest absolute Gasteiger partial charge is 4.00 e. The molecule has 0 aliphatic rings. The topological polar surface area (TPSA) is 260 Å². The van der Waals surface area contributed by atoms with Crippen molar-refractivity contribution in [1.82, 2.24) is 0 Å². The molecule has 0 saturated carbocycles.